The molecule has 0 aliphatic rings. The van der Waals surface area contributed by atoms with E-state index >= 15 is 0 Å². The van der Waals surface area contributed by atoms with Crippen LogP contribution in [0.4, 0.5) is 4.39 Å². The molecule has 1 heterocycles. The molecule has 4 heteroatoms. The van der Waals surface area contributed by atoms with Crippen LogP contribution in [-0.4, -0.2) is 5.78 Å². The molecular weight excluding hydrogens is 223 g/mol. The number of ketones is 1. The van der Waals surface area contributed by atoms with Gasteiger partial charge < -0.3 is 0 Å². The third-order valence-corrected chi connectivity index (χ3v) is 3.67. The summed E-state index contributed by atoms with van der Waals surface area (Å²) in [7, 11) is 0. The first-order chi connectivity index (χ1) is 6.59. The summed E-state index contributed by atoms with van der Waals surface area (Å²) >= 11 is 7.20. The fourth-order valence-electron chi connectivity index (χ4n) is 1.27. The molecular formula is C10H6ClFOS. The Morgan fingerprint density at radius 3 is 2.86 bits per heavy atom. The lowest BCUT2D eigenvalue weighted by molar-refractivity contribution is 0.102. The van der Waals surface area contributed by atoms with Crippen molar-refractivity contribution in [2.75, 3.05) is 0 Å². The Morgan fingerprint density at radius 2 is 2.21 bits per heavy atom. The van der Waals surface area contributed by atoms with Crippen LogP contribution >= 0.6 is 22.9 Å². The third-order valence-electron chi connectivity index (χ3n) is 1.91. The molecule has 1 aromatic heterocycles. The minimum absolute atomic E-state index is 0.0865. The van der Waals surface area contributed by atoms with Crippen molar-refractivity contribution in [2.45, 2.75) is 6.92 Å². The highest BCUT2D eigenvalue weighted by Crippen LogP contribution is 2.35. The van der Waals surface area contributed by atoms with Gasteiger partial charge in [0.2, 0.25) is 0 Å². The predicted octanol–water partition coefficient (Wildman–Crippen LogP) is 3.90. The summed E-state index contributed by atoms with van der Waals surface area (Å²) in [4.78, 5) is 11.6. The van der Waals surface area contributed by atoms with Gasteiger partial charge in [0.15, 0.2) is 5.78 Å². The van der Waals surface area contributed by atoms with E-state index in [0.29, 0.717) is 14.6 Å². The van der Waals surface area contributed by atoms with Crippen LogP contribution in [0.5, 0.6) is 0 Å². The second kappa shape index (κ2) is 3.33. The lowest BCUT2D eigenvalue weighted by Gasteiger charge is -1.90. The number of thiophene rings is 1. The number of halogens is 2. The Hall–Kier alpha value is -0.930. The van der Waals surface area contributed by atoms with E-state index in [-0.39, 0.29) is 11.6 Å². The highest BCUT2D eigenvalue weighted by Gasteiger charge is 2.13. The van der Waals surface area contributed by atoms with Crippen LogP contribution in [0, 0.1) is 5.82 Å². The quantitative estimate of drug-likeness (QED) is 0.677. The van der Waals surface area contributed by atoms with Crippen LogP contribution in [-0.2, 0) is 0 Å². The largest absolute Gasteiger partial charge is 0.294 e. The first-order valence-corrected chi connectivity index (χ1v) is 5.17. The minimum atomic E-state index is -0.314. The topological polar surface area (TPSA) is 17.1 Å². The Balaban J connectivity index is 2.79. The Kier molecular flexibility index (Phi) is 2.29. The molecule has 0 amide bonds. The van der Waals surface area contributed by atoms with Crippen molar-refractivity contribution in [3.63, 3.8) is 0 Å². The van der Waals surface area contributed by atoms with E-state index in [2.05, 4.69) is 0 Å². The smallest absolute Gasteiger partial charge is 0.171 e. The van der Waals surface area contributed by atoms with Crippen LogP contribution in [0.25, 0.3) is 10.1 Å². The molecule has 72 valence electrons. The van der Waals surface area contributed by atoms with Gasteiger partial charge >= 0.3 is 0 Å². The van der Waals surface area contributed by atoms with Crippen LogP contribution in [0.2, 0.25) is 5.02 Å². The van der Waals surface area contributed by atoms with E-state index in [9.17, 15) is 9.18 Å². The molecule has 0 aliphatic carbocycles. The maximum Gasteiger partial charge on any atom is 0.171 e. The van der Waals surface area contributed by atoms with Gasteiger partial charge in [-0.3, -0.25) is 4.79 Å². The zero-order valence-electron chi connectivity index (χ0n) is 7.30. The normalized spacial score (nSPS) is 10.8. The zero-order valence-corrected chi connectivity index (χ0v) is 8.88. The van der Waals surface area contributed by atoms with E-state index in [1.54, 1.807) is 6.07 Å². The van der Waals surface area contributed by atoms with Crippen LogP contribution in [0.3, 0.4) is 0 Å². The average Bonchev–Trinajstić information content (AvgIpc) is 2.43. The number of hydrogen-bond donors (Lipinski definition) is 0. The second-order valence-electron chi connectivity index (χ2n) is 2.94. The molecule has 0 fully saturated rings. The molecule has 0 unspecified atom stereocenters. The summed E-state index contributed by atoms with van der Waals surface area (Å²) in [6.45, 7) is 1.45. The molecule has 0 radical (unpaired) electrons. The highest BCUT2D eigenvalue weighted by atomic mass is 35.5. The number of rotatable bonds is 1. The van der Waals surface area contributed by atoms with E-state index in [1.807, 2.05) is 0 Å². The third kappa shape index (κ3) is 1.42. The first kappa shape index (κ1) is 9.62. The van der Waals surface area contributed by atoms with Gasteiger partial charge in [0.25, 0.3) is 0 Å². The molecule has 1 nitrogen and oxygen atoms in total. The minimum Gasteiger partial charge on any atom is -0.294 e. The Morgan fingerprint density at radius 1 is 1.50 bits per heavy atom. The average molecular weight is 229 g/mol. The summed E-state index contributed by atoms with van der Waals surface area (Å²) in [5, 5.41) is 1.17. The van der Waals surface area contributed by atoms with Gasteiger partial charge in [0, 0.05) is 17.0 Å². The monoisotopic (exact) mass is 228 g/mol. The number of Topliss-reactive ketones (excluding diaryl/α,β-unsaturated/α-hetero) is 1. The maximum absolute atomic E-state index is 12.9. The summed E-state index contributed by atoms with van der Waals surface area (Å²) in [5.41, 5.74) is 0. The van der Waals surface area contributed by atoms with E-state index in [4.69, 9.17) is 11.6 Å². The molecule has 14 heavy (non-hydrogen) atoms. The van der Waals surface area contributed by atoms with Crippen molar-refractivity contribution in [3.05, 3.63) is 33.9 Å². The van der Waals surface area contributed by atoms with Gasteiger partial charge in [-0.15, -0.1) is 11.3 Å². The second-order valence-corrected chi connectivity index (χ2v) is 4.37. The standard InChI is InChI=1S/C10H6ClFOS/c1-5(13)10-9(11)7-3-2-6(12)4-8(7)14-10/h2-4H,1H3. The molecule has 1 aromatic carbocycles. The lowest BCUT2D eigenvalue weighted by Crippen LogP contribution is -1.85. The molecule has 0 saturated carbocycles. The summed E-state index contributed by atoms with van der Waals surface area (Å²) in [6, 6.07) is 4.32. The van der Waals surface area contributed by atoms with E-state index in [0.717, 1.165) is 5.39 Å². The van der Waals surface area contributed by atoms with Crippen molar-refractivity contribution in [1.29, 1.82) is 0 Å². The number of fused-ring (bicyclic) bond motifs is 1. The molecule has 2 aromatic rings. The molecule has 0 atom stereocenters. The van der Waals surface area contributed by atoms with Gasteiger partial charge in [-0.05, 0) is 18.2 Å². The lowest BCUT2D eigenvalue weighted by atomic mass is 10.2. The van der Waals surface area contributed by atoms with E-state index in [1.165, 1.54) is 30.4 Å². The van der Waals surface area contributed by atoms with Crippen LogP contribution < -0.4 is 0 Å². The fraction of sp³-hybridized carbons (Fsp3) is 0.100. The Labute approximate surface area is 89.1 Å². The van der Waals surface area contributed by atoms with E-state index < -0.39 is 0 Å². The number of benzene rings is 1. The van der Waals surface area contributed by atoms with Gasteiger partial charge in [-0.1, -0.05) is 11.6 Å². The molecule has 0 bridgehead atoms. The molecule has 0 spiro atoms. The van der Waals surface area contributed by atoms with Crippen molar-refractivity contribution in [2.24, 2.45) is 0 Å². The number of carbonyl (C=O) groups excluding carboxylic acids is 1. The molecule has 0 aliphatic heterocycles. The van der Waals surface area contributed by atoms with Crippen molar-refractivity contribution in [1.82, 2.24) is 0 Å². The van der Waals surface area contributed by atoms with Crippen molar-refractivity contribution < 1.29 is 9.18 Å². The van der Waals surface area contributed by atoms with Gasteiger partial charge in [0.1, 0.15) is 5.82 Å². The molecule has 0 saturated heterocycles. The van der Waals surface area contributed by atoms with Crippen LogP contribution in [0.1, 0.15) is 16.6 Å². The van der Waals surface area contributed by atoms with Gasteiger partial charge in [-0.25, -0.2) is 4.39 Å². The first-order valence-electron chi connectivity index (χ1n) is 3.98. The fourth-order valence-corrected chi connectivity index (χ4v) is 2.75. The zero-order chi connectivity index (χ0) is 10.3. The summed E-state index contributed by atoms with van der Waals surface area (Å²) in [6.07, 6.45) is 0. The van der Waals surface area contributed by atoms with Crippen LogP contribution in [0.15, 0.2) is 18.2 Å². The molecule has 0 N–H and O–H groups in total. The van der Waals surface area contributed by atoms with Crippen molar-refractivity contribution >= 4 is 38.8 Å². The maximum atomic E-state index is 12.9. The highest BCUT2D eigenvalue weighted by molar-refractivity contribution is 7.21. The van der Waals surface area contributed by atoms with Crippen molar-refractivity contribution in [3.8, 4) is 0 Å². The summed E-state index contributed by atoms with van der Waals surface area (Å²) < 4.78 is 13.6. The Bertz CT molecular complexity index is 518. The van der Waals surface area contributed by atoms with Gasteiger partial charge in [-0.2, -0.15) is 0 Å². The molecule has 2 rings (SSSR count). The summed E-state index contributed by atoms with van der Waals surface area (Å²) in [5.74, 6) is -0.401. The number of hydrogen-bond acceptors (Lipinski definition) is 2. The van der Waals surface area contributed by atoms with Gasteiger partial charge in [0.05, 0.1) is 9.90 Å². The SMILES string of the molecule is CC(=O)c1sc2cc(F)ccc2c1Cl. The predicted molar refractivity (Wildman–Crippen MR) is 56.8 cm³/mol. The number of carbonyl (C=O) groups is 1.